The second kappa shape index (κ2) is 9.89. The second-order valence-corrected chi connectivity index (χ2v) is 8.90. The number of carboxylic acids is 1. The van der Waals surface area contributed by atoms with Gasteiger partial charge >= 0.3 is 5.97 Å². The topological polar surface area (TPSA) is 77.9 Å². The molecule has 1 aromatic heterocycles. The third kappa shape index (κ3) is 4.53. The lowest BCUT2D eigenvalue weighted by atomic mass is 10.0. The van der Waals surface area contributed by atoms with E-state index in [0.29, 0.717) is 24.4 Å². The number of hydrogen-bond donors (Lipinski definition) is 2. The van der Waals surface area contributed by atoms with Crippen LogP contribution in [0, 0.1) is 13.8 Å². The molecule has 0 bridgehead atoms. The fourth-order valence-corrected chi connectivity index (χ4v) is 4.53. The zero-order chi connectivity index (χ0) is 24.4. The van der Waals surface area contributed by atoms with E-state index in [-0.39, 0.29) is 5.56 Å². The van der Waals surface area contributed by atoms with Crippen LogP contribution in [-0.4, -0.2) is 60.8 Å². The van der Waals surface area contributed by atoms with Crippen molar-refractivity contribution in [3.63, 3.8) is 0 Å². The van der Waals surface area contributed by atoms with Crippen LogP contribution in [0.3, 0.4) is 0 Å². The molecule has 7 nitrogen and oxygen atoms in total. The van der Waals surface area contributed by atoms with Crippen LogP contribution in [0.1, 0.15) is 41.0 Å². The number of fused-ring (bicyclic) bond motifs is 1. The zero-order valence-corrected chi connectivity index (χ0v) is 20.7. The van der Waals surface area contributed by atoms with Gasteiger partial charge in [-0.1, -0.05) is 19.1 Å². The van der Waals surface area contributed by atoms with E-state index in [1.165, 1.54) is 0 Å². The molecule has 0 atom stereocenters. The lowest BCUT2D eigenvalue weighted by Crippen LogP contribution is -2.44. The van der Waals surface area contributed by atoms with Gasteiger partial charge in [0.05, 0.1) is 29.2 Å². The first-order chi connectivity index (χ1) is 16.3. The highest BCUT2D eigenvalue weighted by Crippen LogP contribution is 2.40. The SMILES string of the molecule is CCOc1cc2nc(CC)c(C(=O)O)c(Nc3cccc(C)c3C)c2cc1N1CCN(C)CC1. The third-order valence-electron chi connectivity index (χ3n) is 6.70. The highest BCUT2D eigenvalue weighted by atomic mass is 16.5. The molecule has 2 aromatic carbocycles. The molecular weight excluding hydrogens is 428 g/mol. The molecule has 0 spiro atoms. The van der Waals surface area contributed by atoms with Crippen molar-refractivity contribution in [1.29, 1.82) is 0 Å². The molecular formula is C27H34N4O3. The Morgan fingerprint density at radius 1 is 1.15 bits per heavy atom. The third-order valence-corrected chi connectivity index (χ3v) is 6.70. The van der Waals surface area contributed by atoms with Crippen molar-refractivity contribution in [3.8, 4) is 5.75 Å². The van der Waals surface area contributed by atoms with E-state index in [1.54, 1.807) is 0 Å². The molecule has 2 heterocycles. The minimum absolute atomic E-state index is 0.226. The molecule has 1 fully saturated rings. The van der Waals surface area contributed by atoms with Crippen LogP contribution in [0.15, 0.2) is 30.3 Å². The molecule has 0 radical (unpaired) electrons. The molecule has 3 aromatic rings. The Labute approximate surface area is 201 Å². The highest BCUT2D eigenvalue weighted by Gasteiger charge is 2.24. The van der Waals surface area contributed by atoms with Gasteiger partial charge in [0, 0.05) is 43.3 Å². The molecule has 2 N–H and O–H groups in total. The number of aromatic nitrogens is 1. The molecule has 1 saturated heterocycles. The number of nitrogens with zero attached hydrogens (tertiary/aromatic N) is 3. The highest BCUT2D eigenvalue weighted by molar-refractivity contribution is 6.08. The lowest BCUT2D eigenvalue weighted by molar-refractivity contribution is 0.0696. The Morgan fingerprint density at radius 3 is 2.53 bits per heavy atom. The average molecular weight is 463 g/mol. The number of ether oxygens (including phenoxy) is 1. The van der Waals surface area contributed by atoms with Crippen LogP contribution in [-0.2, 0) is 6.42 Å². The second-order valence-electron chi connectivity index (χ2n) is 8.90. The van der Waals surface area contributed by atoms with Crippen molar-refractivity contribution in [2.75, 3.05) is 50.1 Å². The maximum Gasteiger partial charge on any atom is 0.339 e. The molecule has 0 aliphatic carbocycles. The number of aromatic carboxylic acids is 1. The van der Waals surface area contributed by atoms with Crippen molar-refractivity contribution < 1.29 is 14.6 Å². The number of aryl methyl sites for hydroxylation is 2. The van der Waals surface area contributed by atoms with E-state index < -0.39 is 5.97 Å². The summed E-state index contributed by atoms with van der Waals surface area (Å²) in [4.78, 5) is 21.9. The number of rotatable bonds is 7. The van der Waals surface area contributed by atoms with E-state index >= 15 is 0 Å². The largest absolute Gasteiger partial charge is 0.492 e. The van der Waals surface area contributed by atoms with Crippen LogP contribution >= 0.6 is 0 Å². The predicted octanol–water partition coefficient (Wildman–Crippen LogP) is 5.01. The van der Waals surface area contributed by atoms with Crippen molar-refractivity contribution in [3.05, 3.63) is 52.7 Å². The van der Waals surface area contributed by atoms with Crippen molar-refractivity contribution in [2.24, 2.45) is 0 Å². The number of nitrogens with one attached hydrogen (secondary N) is 1. The summed E-state index contributed by atoms with van der Waals surface area (Å²) in [5.74, 6) is -0.191. The van der Waals surface area contributed by atoms with E-state index in [0.717, 1.165) is 65.3 Å². The minimum atomic E-state index is -0.978. The van der Waals surface area contributed by atoms with Crippen molar-refractivity contribution in [1.82, 2.24) is 9.88 Å². The van der Waals surface area contributed by atoms with E-state index in [1.807, 2.05) is 39.0 Å². The number of hydrogen-bond acceptors (Lipinski definition) is 6. The maximum atomic E-state index is 12.5. The standard InChI is InChI=1S/C27H34N4O3/c1-6-20-25(27(32)33)26(29-21-10-8-9-17(3)18(21)4)19-15-23(31-13-11-30(5)12-14-31)24(34-7-2)16-22(19)28-20/h8-10,15-16H,6-7,11-14H2,1-5H3,(H,28,29)(H,32,33). The number of anilines is 3. The molecule has 0 amide bonds. The van der Waals surface area contributed by atoms with Gasteiger partial charge in [-0.2, -0.15) is 0 Å². The summed E-state index contributed by atoms with van der Waals surface area (Å²) in [7, 11) is 2.13. The minimum Gasteiger partial charge on any atom is -0.492 e. The summed E-state index contributed by atoms with van der Waals surface area (Å²) in [6.45, 7) is 12.3. The van der Waals surface area contributed by atoms with Gasteiger partial charge in [-0.05, 0) is 57.5 Å². The Kier molecular flexibility index (Phi) is 6.93. The van der Waals surface area contributed by atoms with Crippen LogP contribution in [0.5, 0.6) is 5.75 Å². The fraction of sp³-hybridized carbons (Fsp3) is 0.407. The molecule has 1 aliphatic rings. The number of benzene rings is 2. The molecule has 1 aliphatic heterocycles. The van der Waals surface area contributed by atoms with Crippen LogP contribution < -0.4 is 15.0 Å². The van der Waals surface area contributed by atoms with Crippen LogP contribution in [0.4, 0.5) is 17.1 Å². The Bertz CT molecular complexity index is 1220. The molecule has 4 rings (SSSR count). The van der Waals surface area contributed by atoms with Gasteiger partial charge in [0.1, 0.15) is 11.3 Å². The number of piperazine rings is 1. The summed E-state index contributed by atoms with van der Waals surface area (Å²) in [6, 6.07) is 10.0. The first-order valence-corrected chi connectivity index (χ1v) is 12.0. The lowest BCUT2D eigenvalue weighted by Gasteiger charge is -2.35. The molecule has 7 heteroatoms. The number of carbonyl (C=O) groups is 1. The summed E-state index contributed by atoms with van der Waals surface area (Å²) >= 11 is 0. The fourth-order valence-electron chi connectivity index (χ4n) is 4.53. The van der Waals surface area contributed by atoms with Gasteiger partial charge in [-0.3, -0.25) is 4.98 Å². The van der Waals surface area contributed by atoms with E-state index in [4.69, 9.17) is 9.72 Å². The van der Waals surface area contributed by atoms with Gasteiger partial charge in [-0.25, -0.2) is 4.79 Å². The van der Waals surface area contributed by atoms with Gasteiger partial charge in [0.15, 0.2) is 0 Å². The molecule has 0 unspecified atom stereocenters. The predicted molar refractivity (Wildman–Crippen MR) is 138 cm³/mol. The summed E-state index contributed by atoms with van der Waals surface area (Å²) < 4.78 is 6.04. The van der Waals surface area contributed by atoms with Crippen LogP contribution in [0.2, 0.25) is 0 Å². The monoisotopic (exact) mass is 462 g/mol. The Balaban J connectivity index is 1.97. The van der Waals surface area contributed by atoms with Crippen LogP contribution in [0.25, 0.3) is 10.9 Å². The normalized spacial score (nSPS) is 14.4. The Morgan fingerprint density at radius 2 is 1.88 bits per heavy atom. The van der Waals surface area contributed by atoms with Crippen molar-refractivity contribution >= 4 is 33.9 Å². The average Bonchev–Trinajstić information content (AvgIpc) is 2.81. The smallest absolute Gasteiger partial charge is 0.339 e. The zero-order valence-electron chi connectivity index (χ0n) is 20.7. The van der Waals surface area contributed by atoms with E-state index in [9.17, 15) is 9.90 Å². The number of pyridine rings is 1. The van der Waals surface area contributed by atoms with E-state index in [2.05, 4.69) is 41.2 Å². The van der Waals surface area contributed by atoms with Crippen molar-refractivity contribution in [2.45, 2.75) is 34.1 Å². The number of carboxylic acid groups (broad SMARTS) is 1. The quantitative estimate of drug-likeness (QED) is 0.511. The summed E-state index contributed by atoms with van der Waals surface area (Å²) in [5, 5.41) is 14.5. The van der Waals surface area contributed by atoms with Gasteiger partial charge in [0.25, 0.3) is 0 Å². The summed E-state index contributed by atoms with van der Waals surface area (Å²) in [5.41, 5.74) is 6.21. The van der Waals surface area contributed by atoms with Gasteiger partial charge in [-0.15, -0.1) is 0 Å². The Hall–Kier alpha value is -3.32. The molecule has 0 saturated carbocycles. The molecule has 34 heavy (non-hydrogen) atoms. The maximum absolute atomic E-state index is 12.5. The first kappa shape index (κ1) is 23.8. The van der Waals surface area contributed by atoms with Gasteiger partial charge in [0.2, 0.25) is 0 Å². The summed E-state index contributed by atoms with van der Waals surface area (Å²) in [6.07, 6.45) is 0.517. The molecule has 180 valence electrons. The first-order valence-electron chi connectivity index (χ1n) is 12.0. The van der Waals surface area contributed by atoms with Gasteiger partial charge < -0.3 is 25.0 Å². The number of likely N-dealkylation sites (N-methyl/N-ethyl adjacent to an activating group) is 1.